The van der Waals surface area contributed by atoms with Gasteiger partial charge in [0, 0.05) is 12.1 Å². The van der Waals surface area contributed by atoms with E-state index >= 15 is 0 Å². The zero-order chi connectivity index (χ0) is 18.4. The number of amides is 1. The van der Waals surface area contributed by atoms with Crippen molar-refractivity contribution in [1.82, 2.24) is 10.4 Å². The van der Waals surface area contributed by atoms with Crippen LogP contribution in [-0.4, -0.2) is 30.7 Å². The molecule has 1 atom stereocenters. The van der Waals surface area contributed by atoms with E-state index in [1.54, 1.807) is 32.0 Å². The lowest BCUT2D eigenvalue weighted by Crippen LogP contribution is -2.43. The Morgan fingerprint density at radius 3 is 2.28 bits per heavy atom. The number of fused-ring (bicyclic) bond motifs is 1. The normalized spacial score (nSPS) is 19.0. The summed E-state index contributed by atoms with van der Waals surface area (Å²) in [5.41, 5.74) is 1.45. The zero-order valence-corrected chi connectivity index (χ0v) is 14.1. The molecule has 0 saturated carbocycles. The lowest BCUT2D eigenvalue weighted by atomic mass is 9.93. The Hall–Kier alpha value is -2.28. The van der Waals surface area contributed by atoms with Gasteiger partial charge in [-0.05, 0) is 36.8 Å². The van der Waals surface area contributed by atoms with Gasteiger partial charge < -0.3 is 4.74 Å². The summed E-state index contributed by atoms with van der Waals surface area (Å²) in [6.07, 6.45) is -4.58. The molecule has 2 aromatic rings. The van der Waals surface area contributed by atoms with Crippen LogP contribution in [0.2, 0.25) is 0 Å². The van der Waals surface area contributed by atoms with Gasteiger partial charge in [-0.2, -0.15) is 13.2 Å². The molecule has 1 aliphatic rings. The predicted molar refractivity (Wildman–Crippen MR) is 87.9 cm³/mol. The van der Waals surface area contributed by atoms with E-state index in [1.165, 1.54) is 13.2 Å². The molecule has 3 rings (SSSR count). The summed E-state index contributed by atoms with van der Waals surface area (Å²) in [7, 11) is 1.34. The molecule has 7 heteroatoms. The third-order valence-electron chi connectivity index (χ3n) is 4.44. The van der Waals surface area contributed by atoms with E-state index in [2.05, 4.69) is 5.43 Å². The highest BCUT2D eigenvalue weighted by molar-refractivity contribution is 5.86. The largest absolute Gasteiger partial charge is 0.496 e. The topological polar surface area (TPSA) is 41.6 Å². The maximum Gasteiger partial charge on any atom is 0.410 e. The van der Waals surface area contributed by atoms with E-state index in [9.17, 15) is 18.0 Å². The van der Waals surface area contributed by atoms with Gasteiger partial charge in [-0.1, -0.05) is 24.3 Å². The summed E-state index contributed by atoms with van der Waals surface area (Å²) >= 11 is 0. The van der Waals surface area contributed by atoms with Crippen LogP contribution >= 0.6 is 0 Å². The van der Waals surface area contributed by atoms with Crippen molar-refractivity contribution in [3.05, 3.63) is 42.0 Å². The first kappa shape index (κ1) is 17.5. The van der Waals surface area contributed by atoms with Crippen molar-refractivity contribution < 1.29 is 22.7 Å². The number of ether oxygens (including phenoxy) is 1. The first-order valence-corrected chi connectivity index (χ1v) is 7.84. The molecule has 4 nitrogen and oxygen atoms in total. The van der Waals surface area contributed by atoms with Gasteiger partial charge in [-0.15, -0.1) is 0 Å². The number of alkyl halides is 3. The maximum atomic E-state index is 13.9. The molecular weight excluding hydrogens is 333 g/mol. The number of rotatable bonds is 3. The van der Waals surface area contributed by atoms with E-state index in [4.69, 9.17) is 4.74 Å². The van der Waals surface area contributed by atoms with Gasteiger partial charge in [0.05, 0.1) is 12.5 Å². The molecule has 0 spiro atoms. The highest BCUT2D eigenvalue weighted by Crippen LogP contribution is 2.44. The smallest absolute Gasteiger partial charge is 0.410 e. The Labute approximate surface area is 143 Å². The number of nitrogens with one attached hydrogen (secondary N) is 1. The van der Waals surface area contributed by atoms with Gasteiger partial charge in [0.15, 0.2) is 6.04 Å². The second-order valence-electron chi connectivity index (χ2n) is 6.84. The Bertz CT molecular complexity index is 818. The molecule has 1 N–H and O–H groups in total. The Kier molecular flexibility index (Phi) is 4.15. The van der Waals surface area contributed by atoms with Crippen molar-refractivity contribution in [2.24, 2.45) is 5.41 Å². The summed E-state index contributed by atoms with van der Waals surface area (Å²) in [5, 5.41) is 2.42. The van der Waals surface area contributed by atoms with Crippen molar-refractivity contribution in [1.29, 1.82) is 0 Å². The standard InChI is InChI=1S/C18H19F3N2O2/c1-17(2)10-23(22-16(17)24)15(18(19,20)21)13-8-11-6-4-5-7-12(11)9-14(13)25-3/h4-9,15H,10H2,1-3H3,(H,22,24)/t15-/m0/s1. The fourth-order valence-electron chi connectivity index (χ4n) is 3.12. The fourth-order valence-corrected chi connectivity index (χ4v) is 3.12. The molecule has 0 aromatic heterocycles. The molecule has 2 aromatic carbocycles. The summed E-state index contributed by atoms with van der Waals surface area (Å²) < 4.78 is 46.9. The number of halogens is 3. The van der Waals surface area contributed by atoms with Crippen molar-refractivity contribution in [3.63, 3.8) is 0 Å². The first-order valence-electron chi connectivity index (χ1n) is 7.84. The Balaban J connectivity index is 2.14. The molecule has 25 heavy (non-hydrogen) atoms. The van der Waals surface area contributed by atoms with E-state index in [0.29, 0.717) is 5.39 Å². The van der Waals surface area contributed by atoms with Crippen LogP contribution in [0.5, 0.6) is 5.75 Å². The quantitative estimate of drug-likeness (QED) is 0.913. The number of methoxy groups -OCH3 is 1. The minimum absolute atomic E-state index is 0.0216. The number of hydrazine groups is 1. The van der Waals surface area contributed by atoms with Crippen LogP contribution in [-0.2, 0) is 4.79 Å². The fraction of sp³-hybridized carbons (Fsp3) is 0.389. The molecule has 1 amide bonds. The lowest BCUT2D eigenvalue weighted by Gasteiger charge is -2.31. The molecule has 134 valence electrons. The average Bonchev–Trinajstić information content (AvgIpc) is 2.78. The van der Waals surface area contributed by atoms with Crippen molar-refractivity contribution in [2.75, 3.05) is 13.7 Å². The molecule has 1 aliphatic heterocycles. The van der Waals surface area contributed by atoms with Crippen LogP contribution in [0.4, 0.5) is 13.2 Å². The molecule has 1 fully saturated rings. The van der Waals surface area contributed by atoms with Gasteiger partial charge in [0.2, 0.25) is 5.91 Å². The molecule has 0 aliphatic carbocycles. The van der Waals surface area contributed by atoms with Crippen LogP contribution < -0.4 is 10.2 Å². The summed E-state index contributed by atoms with van der Waals surface area (Å²) in [4.78, 5) is 12.0. The number of hydrogen-bond donors (Lipinski definition) is 1. The van der Waals surface area contributed by atoms with Gasteiger partial charge >= 0.3 is 6.18 Å². The molecule has 1 heterocycles. The highest BCUT2D eigenvalue weighted by Gasteiger charge is 2.52. The SMILES string of the molecule is COc1cc2ccccc2cc1[C@H](N1CC(C)(C)C(=O)N1)C(F)(F)F. The first-order chi connectivity index (χ1) is 11.6. The van der Waals surface area contributed by atoms with Crippen molar-refractivity contribution in [3.8, 4) is 5.75 Å². The van der Waals surface area contributed by atoms with Crippen molar-refractivity contribution in [2.45, 2.75) is 26.1 Å². The summed E-state index contributed by atoms with van der Waals surface area (Å²) in [5.74, 6) is -0.290. The van der Waals surface area contributed by atoms with E-state index in [1.807, 2.05) is 12.1 Å². The Morgan fingerprint density at radius 2 is 1.80 bits per heavy atom. The second-order valence-corrected chi connectivity index (χ2v) is 6.84. The molecule has 0 radical (unpaired) electrons. The van der Waals surface area contributed by atoms with Gasteiger partial charge in [-0.3, -0.25) is 10.2 Å². The number of nitrogens with zero attached hydrogens (tertiary/aromatic N) is 1. The lowest BCUT2D eigenvalue weighted by molar-refractivity contribution is -0.191. The van der Waals surface area contributed by atoms with Crippen LogP contribution in [0.1, 0.15) is 25.5 Å². The number of hydrogen-bond acceptors (Lipinski definition) is 3. The molecule has 1 saturated heterocycles. The van der Waals surface area contributed by atoms with E-state index < -0.39 is 23.5 Å². The minimum Gasteiger partial charge on any atom is -0.496 e. The molecule has 0 unspecified atom stereocenters. The highest BCUT2D eigenvalue weighted by atomic mass is 19.4. The third kappa shape index (κ3) is 3.16. The van der Waals surface area contributed by atoms with Gasteiger partial charge in [0.25, 0.3) is 0 Å². The van der Waals surface area contributed by atoms with E-state index in [-0.39, 0.29) is 17.9 Å². The maximum absolute atomic E-state index is 13.9. The third-order valence-corrected chi connectivity index (χ3v) is 4.44. The minimum atomic E-state index is -4.58. The van der Waals surface area contributed by atoms with Crippen LogP contribution in [0.3, 0.4) is 0 Å². The number of carbonyl (C=O) groups excluding carboxylic acids is 1. The van der Waals surface area contributed by atoms with Gasteiger partial charge in [-0.25, -0.2) is 5.01 Å². The van der Waals surface area contributed by atoms with Crippen LogP contribution in [0, 0.1) is 5.41 Å². The molecular formula is C18H19F3N2O2. The van der Waals surface area contributed by atoms with E-state index in [0.717, 1.165) is 10.4 Å². The predicted octanol–water partition coefficient (Wildman–Crippen LogP) is 3.82. The Morgan fingerprint density at radius 1 is 1.20 bits per heavy atom. The number of carbonyl (C=O) groups is 1. The summed E-state index contributed by atoms with van der Waals surface area (Å²) in [6.45, 7) is 3.19. The second kappa shape index (κ2) is 5.91. The number of benzene rings is 2. The average molecular weight is 352 g/mol. The summed E-state index contributed by atoms with van der Waals surface area (Å²) in [6, 6.07) is 8.21. The van der Waals surface area contributed by atoms with Crippen LogP contribution in [0.15, 0.2) is 36.4 Å². The zero-order valence-electron chi connectivity index (χ0n) is 14.1. The van der Waals surface area contributed by atoms with Crippen molar-refractivity contribution >= 4 is 16.7 Å². The molecule has 0 bridgehead atoms. The van der Waals surface area contributed by atoms with Gasteiger partial charge in [0.1, 0.15) is 5.75 Å². The van der Waals surface area contributed by atoms with Crippen LogP contribution in [0.25, 0.3) is 10.8 Å². The monoisotopic (exact) mass is 352 g/mol.